The molecule has 0 N–H and O–H groups in total. The minimum Gasteiger partial charge on any atom is -0.456 e. The molecule has 1 saturated carbocycles. The Bertz CT molecular complexity index is 393. The van der Waals surface area contributed by atoms with Crippen molar-refractivity contribution in [2.24, 2.45) is 0 Å². The van der Waals surface area contributed by atoms with Gasteiger partial charge in [-0.1, -0.05) is 5.16 Å². The summed E-state index contributed by atoms with van der Waals surface area (Å²) in [5, 5.41) is 3.74. The largest absolute Gasteiger partial charge is 0.456 e. The van der Waals surface area contributed by atoms with E-state index in [4.69, 9.17) is 14.0 Å². The Morgan fingerprint density at radius 3 is 2.65 bits per heavy atom. The van der Waals surface area contributed by atoms with Gasteiger partial charge in [0.25, 0.3) is 0 Å². The lowest BCUT2D eigenvalue weighted by Gasteiger charge is -2.18. The van der Waals surface area contributed by atoms with Crippen LogP contribution in [-0.2, 0) is 9.47 Å². The van der Waals surface area contributed by atoms with Crippen molar-refractivity contribution in [2.75, 3.05) is 7.11 Å². The number of carbonyl (C=O) groups is 1. The van der Waals surface area contributed by atoms with Gasteiger partial charge in [0.2, 0.25) is 0 Å². The predicted molar refractivity (Wildman–Crippen MR) is 59.8 cm³/mol. The van der Waals surface area contributed by atoms with E-state index < -0.39 is 0 Å². The van der Waals surface area contributed by atoms with Crippen LogP contribution in [0.25, 0.3) is 0 Å². The molecule has 0 aliphatic heterocycles. The molecule has 1 fully saturated rings. The Balaban J connectivity index is 2.07. The summed E-state index contributed by atoms with van der Waals surface area (Å²) in [6.45, 7) is 3.44. The number of hydrogen-bond acceptors (Lipinski definition) is 5. The van der Waals surface area contributed by atoms with Crippen LogP contribution in [0, 0.1) is 13.8 Å². The minimum atomic E-state index is -0.366. The van der Waals surface area contributed by atoms with Gasteiger partial charge in [-0.25, -0.2) is 4.79 Å². The molecular formula is C12H17NO4. The highest BCUT2D eigenvalue weighted by molar-refractivity contribution is 5.91. The van der Waals surface area contributed by atoms with Crippen molar-refractivity contribution in [1.29, 1.82) is 0 Å². The number of aromatic nitrogens is 1. The van der Waals surface area contributed by atoms with Gasteiger partial charge >= 0.3 is 5.97 Å². The topological polar surface area (TPSA) is 61.6 Å². The Morgan fingerprint density at radius 2 is 2.06 bits per heavy atom. The minimum absolute atomic E-state index is 0.0134. The van der Waals surface area contributed by atoms with Gasteiger partial charge in [-0.15, -0.1) is 0 Å². The molecule has 1 aromatic heterocycles. The number of methoxy groups -OCH3 is 1. The molecule has 0 unspecified atom stereocenters. The number of hydrogen-bond donors (Lipinski definition) is 0. The maximum absolute atomic E-state index is 12.0. The third-order valence-corrected chi connectivity index (χ3v) is 3.19. The molecule has 5 nitrogen and oxygen atoms in total. The average Bonchev–Trinajstić information content (AvgIpc) is 2.85. The first-order valence-electron chi connectivity index (χ1n) is 5.80. The summed E-state index contributed by atoms with van der Waals surface area (Å²) in [4.78, 5) is 12.0. The molecule has 0 saturated heterocycles. The number of aryl methyl sites for hydroxylation is 2. The lowest BCUT2D eigenvalue weighted by molar-refractivity contribution is -0.0208. The van der Waals surface area contributed by atoms with E-state index in [0.29, 0.717) is 17.0 Å². The number of esters is 1. The molecule has 1 aliphatic carbocycles. The Morgan fingerprint density at radius 1 is 1.35 bits per heavy atom. The van der Waals surface area contributed by atoms with Gasteiger partial charge in [0.15, 0.2) is 0 Å². The van der Waals surface area contributed by atoms with Crippen LogP contribution in [0.2, 0.25) is 0 Å². The molecular weight excluding hydrogens is 222 g/mol. The summed E-state index contributed by atoms with van der Waals surface area (Å²) in [6.07, 6.45) is 2.68. The highest BCUT2D eigenvalue weighted by Gasteiger charge is 2.32. The molecule has 0 aromatic carbocycles. The second kappa shape index (κ2) is 4.87. The zero-order chi connectivity index (χ0) is 12.4. The maximum Gasteiger partial charge on any atom is 0.344 e. The normalized spacial score (nSPS) is 23.9. The highest BCUT2D eigenvalue weighted by atomic mass is 16.6. The van der Waals surface area contributed by atoms with Gasteiger partial charge in [-0.05, 0) is 33.1 Å². The maximum atomic E-state index is 12.0. The van der Waals surface area contributed by atoms with Crippen molar-refractivity contribution < 1.29 is 18.8 Å². The number of nitrogens with zero attached hydrogens (tertiary/aromatic N) is 1. The molecule has 5 heteroatoms. The summed E-state index contributed by atoms with van der Waals surface area (Å²) in [5.74, 6) is 0.134. The highest BCUT2D eigenvalue weighted by Crippen LogP contribution is 2.26. The van der Waals surface area contributed by atoms with Crippen LogP contribution < -0.4 is 0 Å². The third kappa shape index (κ3) is 2.34. The fraction of sp³-hybridized carbons (Fsp3) is 0.667. The zero-order valence-corrected chi connectivity index (χ0v) is 10.4. The van der Waals surface area contributed by atoms with Gasteiger partial charge in [-0.2, -0.15) is 0 Å². The van der Waals surface area contributed by atoms with E-state index in [9.17, 15) is 4.79 Å². The first kappa shape index (κ1) is 12.1. The van der Waals surface area contributed by atoms with Crippen molar-refractivity contribution in [3.05, 3.63) is 17.0 Å². The smallest absolute Gasteiger partial charge is 0.344 e. The van der Waals surface area contributed by atoms with Crippen LogP contribution in [0.15, 0.2) is 4.52 Å². The molecule has 2 atom stereocenters. The van der Waals surface area contributed by atoms with Gasteiger partial charge in [0.1, 0.15) is 17.4 Å². The standard InChI is InChI=1S/C12H17NO4/c1-7-11(8(2)17-13-7)12(14)16-10-6-4-5-9(10)15-3/h9-10H,4-6H2,1-3H3/t9-,10+/m0/s1. The summed E-state index contributed by atoms with van der Waals surface area (Å²) < 4.78 is 15.7. The molecule has 0 spiro atoms. The molecule has 1 aromatic rings. The monoisotopic (exact) mass is 239 g/mol. The second-order valence-corrected chi connectivity index (χ2v) is 4.35. The Kier molecular flexibility index (Phi) is 3.47. The van der Waals surface area contributed by atoms with E-state index >= 15 is 0 Å². The van der Waals surface area contributed by atoms with Crippen LogP contribution in [-0.4, -0.2) is 30.4 Å². The fourth-order valence-electron chi connectivity index (χ4n) is 2.27. The Labute approximate surface area is 100 Å². The van der Waals surface area contributed by atoms with Gasteiger partial charge in [-0.3, -0.25) is 0 Å². The summed E-state index contributed by atoms with van der Waals surface area (Å²) in [5.41, 5.74) is 1.01. The fourth-order valence-corrected chi connectivity index (χ4v) is 2.27. The molecule has 0 radical (unpaired) electrons. The first-order valence-corrected chi connectivity index (χ1v) is 5.80. The van der Waals surface area contributed by atoms with Crippen molar-refractivity contribution in [3.8, 4) is 0 Å². The molecule has 17 heavy (non-hydrogen) atoms. The van der Waals surface area contributed by atoms with Crippen LogP contribution in [0.5, 0.6) is 0 Å². The Hall–Kier alpha value is -1.36. The lowest BCUT2D eigenvalue weighted by atomic mass is 10.2. The average molecular weight is 239 g/mol. The molecule has 2 rings (SSSR count). The summed E-state index contributed by atoms with van der Waals surface area (Å²) in [6, 6.07) is 0. The van der Waals surface area contributed by atoms with Crippen molar-refractivity contribution >= 4 is 5.97 Å². The van der Waals surface area contributed by atoms with Crippen LogP contribution >= 0.6 is 0 Å². The molecule has 1 heterocycles. The predicted octanol–water partition coefficient (Wildman–Crippen LogP) is 2.02. The quantitative estimate of drug-likeness (QED) is 0.755. The van der Waals surface area contributed by atoms with Crippen LogP contribution in [0.4, 0.5) is 0 Å². The van der Waals surface area contributed by atoms with E-state index in [1.54, 1.807) is 21.0 Å². The SMILES string of the molecule is CO[C@H]1CCC[C@H]1OC(=O)c1c(C)noc1C. The zero-order valence-electron chi connectivity index (χ0n) is 10.4. The molecule has 1 aliphatic rings. The molecule has 0 amide bonds. The second-order valence-electron chi connectivity index (χ2n) is 4.35. The first-order chi connectivity index (χ1) is 8.13. The van der Waals surface area contributed by atoms with Crippen molar-refractivity contribution in [1.82, 2.24) is 5.16 Å². The summed E-state index contributed by atoms with van der Waals surface area (Å²) >= 11 is 0. The van der Waals surface area contributed by atoms with E-state index in [-0.39, 0.29) is 18.2 Å². The molecule has 0 bridgehead atoms. The number of rotatable bonds is 3. The van der Waals surface area contributed by atoms with Crippen LogP contribution in [0.1, 0.15) is 41.1 Å². The molecule has 94 valence electrons. The number of carbonyl (C=O) groups excluding carboxylic acids is 1. The van der Waals surface area contributed by atoms with Crippen molar-refractivity contribution in [3.63, 3.8) is 0 Å². The summed E-state index contributed by atoms with van der Waals surface area (Å²) in [7, 11) is 1.65. The third-order valence-electron chi connectivity index (χ3n) is 3.19. The van der Waals surface area contributed by atoms with Crippen molar-refractivity contribution in [2.45, 2.75) is 45.3 Å². The van der Waals surface area contributed by atoms with E-state index in [1.165, 1.54) is 0 Å². The van der Waals surface area contributed by atoms with Crippen LogP contribution in [0.3, 0.4) is 0 Å². The van der Waals surface area contributed by atoms with Gasteiger partial charge in [0, 0.05) is 7.11 Å². The van der Waals surface area contributed by atoms with E-state index in [2.05, 4.69) is 5.16 Å². The number of ether oxygens (including phenoxy) is 2. The lowest BCUT2D eigenvalue weighted by Crippen LogP contribution is -2.28. The van der Waals surface area contributed by atoms with Gasteiger partial charge in [0.05, 0.1) is 11.8 Å². The van der Waals surface area contributed by atoms with Gasteiger partial charge < -0.3 is 14.0 Å². The van der Waals surface area contributed by atoms with E-state index in [0.717, 1.165) is 19.3 Å². The van der Waals surface area contributed by atoms with E-state index in [1.807, 2.05) is 0 Å².